The quantitative estimate of drug-likeness (QED) is 0.470. The van der Waals surface area contributed by atoms with E-state index in [0.29, 0.717) is 0 Å². The molecule has 154 valence electrons. The van der Waals surface area contributed by atoms with Gasteiger partial charge in [-0.1, -0.05) is 12.1 Å². The minimum atomic E-state index is -0.818. The lowest BCUT2D eigenvalue weighted by Crippen LogP contribution is -2.21. The number of esters is 3. The molecule has 4 N–H and O–H groups in total. The molecule has 0 unspecified atom stereocenters. The average molecular weight is 422 g/mol. The number of thiophene rings is 1. The molecule has 0 aliphatic heterocycles. The Kier molecular flexibility index (Phi) is 7.15. The highest BCUT2D eigenvalue weighted by atomic mass is 32.1. The third-order valence-corrected chi connectivity index (χ3v) is 4.66. The van der Waals surface area contributed by atoms with Gasteiger partial charge in [0.25, 0.3) is 5.91 Å². The van der Waals surface area contributed by atoms with Crippen LogP contribution in [0.25, 0.3) is 0 Å². The maximum absolute atomic E-state index is 12.5. The number of para-hydroxylation sites is 1. The molecule has 1 aromatic heterocycles. The number of hydrogen-bond acceptors (Lipinski definition) is 10. The number of ether oxygens (including phenoxy) is 4. The second-order valence-corrected chi connectivity index (χ2v) is 6.51. The third kappa shape index (κ3) is 5.02. The van der Waals surface area contributed by atoms with Crippen LogP contribution in [-0.4, -0.2) is 44.6 Å². The van der Waals surface area contributed by atoms with Crippen molar-refractivity contribution < 1.29 is 38.1 Å². The van der Waals surface area contributed by atoms with Crippen LogP contribution in [0, 0.1) is 0 Å². The van der Waals surface area contributed by atoms with E-state index in [9.17, 15) is 19.2 Å². The maximum Gasteiger partial charge on any atom is 0.348 e. The van der Waals surface area contributed by atoms with Gasteiger partial charge in [-0.15, -0.1) is 11.3 Å². The largest absolute Gasteiger partial charge is 0.483 e. The Labute approximate surface area is 169 Å². The minimum absolute atomic E-state index is 0.0106. The van der Waals surface area contributed by atoms with E-state index in [0.717, 1.165) is 25.6 Å². The summed E-state index contributed by atoms with van der Waals surface area (Å²) in [6.07, 6.45) is 0. The van der Waals surface area contributed by atoms with Gasteiger partial charge in [0.15, 0.2) is 6.61 Å². The molecule has 0 aliphatic carbocycles. The number of carbonyl (C=O) groups excluding carboxylic acids is 4. The van der Waals surface area contributed by atoms with E-state index in [1.807, 2.05) is 0 Å². The van der Waals surface area contributed by atoms with E-state index in [2.05, 4.69) is 9.47 Å². The molecule has 10 nitrogen and oxygen atoms in total. The first-order valence-corrected chi connectivity index (χ1v) is 8.86. The van der Waals surface area contributed by atoms with Gasteiger partial charge in [-0.2, -0.15) is 0 Å². The van der Waals surface area contributed by atoms with Crippen molar-refractivity contribution in [1.29, 1.82) is 0 Å². The molecule has 1 aromatic carbocycles. The zero-order chi connectivity index (χ0) is 21.6. The smallest absolute Gasteiger partial charge is 0.348 e. The fourth-order valence-electron chi connectivity index (χ4n) is 2.33. The normalized spacial score (nSPS) is 10.1. The molecule has 0 radical (unpaired) electrons. The fraction of sp³-hybridized carbons (Fsp3) is 0.222. The van der Waals surface area contributed by atoms with Gasteiger partial charge in [0.1, 0.15) is 33.4 Å². The Morgan fingerprint density at radius 3 is 2.28 bits per heavy atom. The number of rotatable bonds is 8. The van der Waals surface area contributed by atoms with Crippen LogP contribution >= 0.6 is 11.3 Å². The number of hydrogen-bond donors (Lipinski definition) is 2. The van der Waals surface area contributed by atoms with Crippen LogP contribution in [0.4, 0.5) is 5.00 Å². The molecule has 0 spiro atoms. The van der Waals surface area contributed by atoms with E-state index < -0.39 is 37.0 Å². The summed E-state index contributed by atoms with van der Waals surface area (Å²) in [7, 11) is 2.32. The Morgan fingerprint density at radius 1 is 1.00 bits per heavy atom. The van der Waals surface area contributed by atoms with Gasteiger partial charge >= 0.3 is 17.9 Å². The number of carbonyl (C=O) groups is 4. The van der Waals surface area contributed by atoms with Crippen molar-refractivity contribution in [1.82, 2.24) is 0 Å². The zero-order valence-electron chi connectivity index (χ0n) is 15.6. The molecule has 0 fully saturated rings. The summed E-state index contributed by atoms with van der Waals surface area (Å²) in [4.78, 5) is 47.5. The molecule has 29 heavy (non-hydrogen) atoms. The van der Waals surface area contributed by atoms with Gasteiger partial charge in [-0.05, 0) is 12.1 Å². The van der Waals surface area contributed by atoms with Crippen molar-refractivity contribution in [2.45, 2.75) is 6.61 Å². The van der Waals surface area contributed by atoms with Crippen LogP contribution in [0.5, 0.6) is 5.75 Å². The first-order valence-electron chi connectivity index (χ1n) is 8.05. The third-order valence-electron chi connectivity index (χ3n) is 3.62. The number of anilines is 1. The van der Waals surface area contributed by atoms with Crippen molar-refractivity contribution in [2.24, 2.45) is 5.73 Å². The molecular weight excluding hydrogens is 404 g/mol. The lowest BCUT2D eigenvalue weighted by atomic mass is 10.1. The molecule has 0 saturated carbocycles. The van der Waals surface area contributed by atoms with Crippen molar-refractivity contribution in [3.05, 3.63) is 45.8 Å². The summed E-state index contributed by atoms with van der Waals surface area (Å²) in [5.74, 6) is -2.98. The molecule has 2 aromatic rings. The Balaban J connectivity index is 2.30. The molecule has 1 amide bonds. The summed E-state index contributed by atoms with van der Waals surface area (Å²) in [6.45, 7) is -0.879. The van der Waals surface area contributed by atoms with E-state index in [-0.39, 0.29) is 32.3 Å². The average Bonchev–Trinajstić information content (AvgIpc) is 3.05. The monoisotopic (exact) mass is 422 g/mol. The highest BCUT2D eigenvalue weighted by Crippen LogP contribution is 2.33. The molecule has 0 aliphatic rings. The summed E-state index contributed by atoms with van der Waals surface area (Å²) in [6, 6.07) is 6.04. The number of amides is 1. The van der Waals surface area contributed by atoms with Gasteiger partial charge in [0.05, 0.1) is 14.2 Å². The number of primary amides is 1. The molecule has 2 rings (SSSR count). The van der Waals surface area contributed by atoms with Crippen molar-refractivity contribution in [2.75, 3.05) is 26.6 Å². The number of benzene rings is 1. The van der Waals surface area contributed by atoms with Gasteiger partial charge < -0.3 is 30.4 Å². The maximum atomic E-state index is 12.5. The van der Waals surface area contributed by atoms with Gasteiger partial charge in [0, 0.05) is 5.56 Å². The molecule has 0 atom stereocenters. The van der Waals surface area contributed by atoms with Crippen LogP contribution in [0.2, 0.25) is 0 Å². The molecule has 1 heterocycles. The Morgan fingerprint density at radius 2 is 1.66 bits per heavy atom. The number of nitrogen functional groups attached to an aromatic ring is 1. The summed E-state index contributed by atoms with van der Waals surface area (Å²) in [5.41, 5.74) is 10.9. The first kappa shape index (κ1) is 21.7. The molecular formula is C18H18N2O8S. The zero-order valence-corrected chi connectivity index (χ0v) is 16.4. The SMILES string of the molecule is COC(=O)c1sc(N)c(C(=O)OC)c1COC(=O)c1ccccc1OCC(N)=O. The van der Waals surface area contributed by atoms with Crippen LogP contribution in [-0.2, 0) is 25.6 Å². The minimum Gasteiger partial charge on any atom is -0.483 e. The van der Waals surface area contributed by atoms with Crippen molar-refractivity contribution in [3.63, 3.8) is 0 Å². The highest BCUT2D eigenvalue weighted by Gasteiger charge is 2.28. The number of nitrogens with two attached hydrogens (primary N) is 2. The van der Waals surface area contributed by atoms with Gasteiger partial charge in [0.2, 0.25) is 0 Å². The predicted molar refractivity (Wildman–Crippen MR) is 102 cm³/mol. The lowest BCUT2D eigenvalue weighted by molar-refractivity contribution is -0.119. The predicted octanol–water partition coefficient (Wildman–Crippen LogP) is 1.12. The molecule has 11 heteroatoms. The second kappa shape index (κ2) is 9.55. The first-order chi connectivity index (χ1) is 13.8. The number of methoxy groups -OCH3 is 2. The van der Waals surface area contributed by atoms with Crippen molar-refractivity contribution in [3.8, 4) is 5.75 Å². The van der Waals surface area contributed by atoms with Crippen molar-refractivity contribution >= 4 is 40.2 Å². The Bertz CT molecular complexity index is 953. The van der Waals surface area contributed by atoms with Crippen LogP contribution in [0.1, 0.15) is 36.0 Å². The van der Waals surface area contributed by atoms with Crippen LogP contribution < -0.4 is 16.2 Å². The molecule has 0 saturated heterocycles. The molecule has 0 bridgehead atoms. The fourth-order valence-corrected chi connectivity index (χ4v) is 3.31. The van der Waals surface area contributed by atoms with E-state index in [1.165, 1.54) is 12.1 Å². The summed E-state index contributed by atoms with van der Waals surface area (Å²) < 4.78 is 19.8. The second-order valence-electron chi connectivity index (χ2n) is 5.46. The van der Waals surface area contributed by atoms with E-state index in [4.69, 9.17) is 20.9 Å². The van der Waals surface area contributed by atoms with Gasteiger partial charge in [-0.3, -0.25) is 4.79 Å². The van der Waals surface area contributed by atoms with Gasteiger partial charge in [-0.25, -0.2) is 14.4 Å². The summed E-state index contributed by atoms with van der Waals surface area (Å²) in [5, 5.41) is 0.0218. The summed E-state index contributed by atoms with van der Waals surface area (Å²) >= 11 is 0.814. The van der Waals surface area contributed by atoms with E-state index in [1.54, 1.807) is 12.1 Å². The topological polar surface area (TPSA) is 157 Å². The van der Waals surface area contributed by atoms with Crippen LogP contribution in [0.15, 0.2) is 24.3 Å². The van der Waals surface area contributed by atoms with Crippen LogP contribution in [0.3, 0.4) is 0 Å². The Hall–Kier alpha value is -3.60. The lowest BCUT2D eigenvalue weighted by Gasteiger charge is -2.11. The standard InChI is InChI=1S/C18H18N2O8S/c1-25-17(23)13-10(14(18(24)26-2)29-15(13)20)7-28-16(22)9-5-3-4-6-11(9)27-8-12(19)21/h3-6H,7-8,20H2,1-2H3,(H2,19,21). The van der Waals surface area contributed by atoms with E-state index >= 15 is 0 Å². The highest BCUT2D eigenvalue weighted by molar-refractivity contribution is 7.18.